The lowest BCUT2D eigenvalue weighted by Crippen LogP contribution is -2.22. The van der Waals surface area contributed by atoms with Crippen LogP contribution in [0, 0.1) is 12.7 Å². The SMILES string of the molecule is Cc1nc(C(O)C(O)CC(=O)O)ccc1F. The van der Waals surface area contributed by atoms with E-state index in [0.717, 1.165) is 6.07 Å². The van der Waals surface area contributed by atoms with E-state index in [2.05, 4.69) is 4.98 Å². The number of aliphatic hydroxyl groups is 2. The molecule has 0 saturated heterocycles. The summed E-state index contributed by atoms with van der Waals surface area (Å²) in [4.78, 5) is 14.0. The van der Waals surface area contributed by atoms with Crippen LogP contribution < -0.4 is 0 Å². The second-order valence-electron chi connectivity index (χ2n) is 3.41. The smallest absolute Gasteiger partial charge is 0.306 e. The van der Waals surface area contributed by atoms with E-state index in [9.17, 15) is 19.4 Å². The van der Waals surface area contributed by atoms with Crippen molar-refractivity contribution < 1.29 is 24.5 Å². The molecule has 5 nitrogen and oxygen atoms in total. The van der Waals surface area contributed by atoms with Gasteiger partial charge in [-0.3, -0.25) is 9.78 Å². The number of halogens is 1. The van der Waals surface area contributed by atoms with Gasteiger partial charge in [-0.05, 0) is 19.1 Å². The Balaban J connectivity index is 2.83. The van der Waals surface area contributed by atoms with Crippen LogP contribution in [-0.2, 0) is 4.79 Å². The zero-order valence-corrected chi connectivity index (χ0v) is 8.59. The highest BCUT2D eigenvalue weighted by Gasteiger charge is 2.22. The van der Waals surface area contributed by atoms with Gasteiger partial charge in [-0.25, -0.2) is 4.39 Å². The van der Waals surface area contributed by atoms with E-state index in [-0.39, 0.29) is 11.4 Å². The Kier molecular flexibility index (Phi) is 3.92. The second-order valence-corrected chi connectivity index (χ2v) is 3.41. The van der Waals surface area contributed by atoms with Crippen molar-refractivity contribution in [2.45, 2.75) is 25.6 Å². The molecule has 1 aromatic rings. The fraction of sp³-hybridized carbons (Fsp3) is 0.400. The maximum atomic E-state index is 12.9. The lowest BCUT2D eigenvalue weighted by molar-refractivity contribution is -0.141. The number of hydrogen-bond donors (Lipinski definition) is 3. The molecule has 0 aromatic carbocycles. The number of pyridine rings is 1. The molecule has 0 amide bonds. The second kappa shape index (κ2) is 5.00. The monoisotopic (exact) mass is 229 g/mol. The van der Waals surface area contributed by atoms with Crippen LogP contribution >= 0.6 is 0 Å². The van der Waals surface area contributed by atoms with Crippen molar-refractivity contribution in [3.8, 4) is 0 Å². The highest BCUT2D eigenvalue weighted by Crippen LogP contribution is 2.18. The Morgan fingerprint density at radius 3 is 2.62 bits per heavy atom. The van der Waals surface area contributed by atoms with Gasteiger partial charge in [0.05, 0.1) is 23.9 Å². The average Bonchev–Trinajstić information content (AvgIpc) is 2.20. The number of carboxylic acids is 1. The van der Waals surface area contributed by atoms with Crippen LogP contribution in [0.2, 0.25) is 0 Å². The van der Waals surface area contributed by atoms with Gasteiger partial charge in [-0.1, -0.05) is 0 Å². The Hall–Kier alpha value is -1.53. The number of carbonyl (C=O) groups is 1. The Bertz CT molecular complexity index is 396. The van der Waals surface area contributed by atoms with E-state index in [1.807, 2.05) is 0 Å². The van der Waals surface area contributed by atoms with Gasteiger partial charge in [0.2, 0.25) is 0 Å². The first-order valence-corrected chi connectivity index (χ1v) is 4.62. The van der Waals surface area contributed by atoms with Gasteiger partial charge >= 0.3 is 5.97 Å². The molecule has 0 fully saturated rings. The van der Waals surface area contributed by atoms with Crippen molar-refractivity contribution in [2.75, 3.05) is 0 Å². The van der Waals surface area contributed by atoms with E-state index in [1.54, 1.807) is 0 Å². The van der Waals surface area contributed by atoms with Gasteiger partial charge in [0.1, 0.15) is 11.9 Å². The molecule has 0 aliphatic heterocycles. The minimum absolute atomic E-state index is 0.0488. The third-order valence-corrected chi connectivity index (χ3v) is 2.09. The van der Waals surface area contributed by atoms with Crippen molar-refractivity contribution in [1.82, 2.24) is 4.98 Å². The Morgan fingerprint density at radius 2 is 2.12 bits per heavy atom. The third-order valence-electron chi connectivity index (χ3n) is 2.09. The number of hydrogen-bond acceptors (Lipinski definition) is 4. The van der Waals surface area contributed by atoms with E-state index in [4.69, 9.17) is 5.11 Å². The summed E-state index contributed by atoms with van der Waals surface area (Å²) in [7, 11) is 0. The van der Waals surface area contributed by atoms with E-state index >= 15 is 0 Å². The number of aliphatic carboxylic acids is 1. The first-order chi connectivity index (χ1) is 7.41. The van der Waals surface area contributed by atoms with Crippen LogP contribution in [0.4, 0.5) is 4.39 Å². The van der Waals surface area contributed by atoms with E-state index in [0.29, 0.717) is 0 Å². The van der Waals surface area contributed by atoms with Crippen LogP contribution in [0.1, 0.15) is 23.9 Å². The topological polar surface area (TPSA) is 90.7 Å². The standard InChI is InChI=1S/C10H12FNO4/c1-5-6(11)2-3-7(12-5)10(16)8(13)4-9(14)15/h2-3,8,10,13,16H,4H2,1H3,(H,14,15). The fourth-order valence-corrected chi connectivity index (χ4v) is 1.22. The first-order valence-electron chi connectivity index (χ1n) is 4.62. The van der Waals surface area contributed by atoms with Crippen LogP contribution in [0.5, 0.6) is 0 Å². The summed E-state index contributed by atoms with van der Waals surface area (Å²) in [6, 6.07) is 2.31. The molecule has 0 aliphatic carbocycles. The summed E-state index contributed by atoms with van der Waals surface area (Å²) in [5.41, 5.74) is 0.131. The van der Waals surface area contributed by atoms with Crippen LogP contribution in [0.3, 0.4) is 0 Å². The molecule has 3 N–H and O–H groups in total. The van der Waals surface area contributed by atoms with E-state index < -0.39 is 30.4 Å². The molecule has 6 heteroatoms. The third kappa shape index (κ3) is 2.98. The van der Waals surface area contributed by atoms with Crippen LogP contribution in [0.15, 0.2) is 12.1 Å². The van der Waals surface area contributed by atoms with Crippen molar-refractivity contribution in [3.05, 3.63) is 29.3 Å². The van der Waals surface area contributed by atoms with Crippen molar-refractivity contribution in [1.29, 1.82) is 0 Å². The predicted octanol–water partition coefficient (Wildman–Crippen LogP) is 0.398. The molecule has 2 atom stereocenters. The van der Waals surface area contributed by atoms with Gasteiger partial charge in [0.15, 0.2) is 0 Å². The first kappa shape index (κ1) is 12.5. The zero-order valence-electron chi connectivity index (χ0n) is 8.59. The molecule has 16 heavy (non-hydrogen) atoms. The summed E-state index contributed by atoms with van der Waals surface area (Å²) in [6.45, 7) is 1.41. The van der Waals surface area contributed by atoms with Crippen molar-refractivity contribution in [2.24, 2.45) is 0 Å². The van der Waals surface area contributed by atoms with Crippen LogP contribution in [0.25, 0.3) is 0 Å². The lowest BCUT2D eigenvalue weighted by atomic mass is 10.1. The largest absolute Gasteiger partial charge is 0.481 e. The van der Waals surface area contributed by atoms with Crippen molar-refractivity contribution in [3.63, 3.8) is 0 Å². The highest BCUT2D eigenvalue weighted by molar-refractivity contribution is 5.67. The maximum Gasteiger partial charge on any atom is 0.306 e. The molecule has 0 radical (unpaired) electrons. The summed E-state index contributed by atoms with van der Waals surface area (Å²) in [6.07, 6.45) is -3.50. The number of aryl methyl sites for hydroxylation is 1. The van der Waals surface area contributed by atoms with Gasteiger partial charge in [-0.2, -0.15) is 0 Å². The number of aliphatic hydroxyl groups excluding tert-OH is 2. The number of rotatable bonds is 4. The molecule has 1 aromatic heterocycles. The van der Waals surface area contributed by atoms with E-state index in [1.165, 1.54) is 13.0 Å². The molecule has 0 spiro atoms. The number of carboxylic acid groups (broad SMARTS) is 1. The molecule has 0 saturated carbocycles. The summed E-state index contributed by atoms with van der Waals surface area (Å²) in [5.74, 6) is -1.76. The normalized spacial score (nSPS) is 14.5. The Morgan fingerprint density at radius 1 is 1.50 bits per heavy atom. The summed E-state index contributed by atoms with van der Waals surface area (Å²) < 4.78 is 12.9. The minimum atomic E-state index is -1.46. The quantitative estimate of drug-likeness (QED) is 0.695. The molecule has 1 rings (SSSR count). The fourth-order valence-electron chi connectivity index (χ4n) is 1.22. The van der Waals surface area contributed by atoms with Crippen LogP contribution in [-0.4, -0.2) is 32.4 Å². The van der Waals surface area contributed by atoms with Gasteiger partial charge in [0, 0.05) is 0 Å². The lowest BCUT2D eigenvalue weighted by Gasteiger charge is -2.15. The van der Waals surface area contributed by atoms with Crippen molar-refractivity contribution >= 4 is 5.97 Å². The molecule has 0 bridgehead atoms. The molecular weight excluding hydrogens is 217 g/mol. The highest BCUT2D eigenvalue weighted by atomic mass is 19.1. The van der Waals surface area contributed by atoms with Gasteiger partial charge in [-0.15, -0.1) is 0 Å². The molecule has 1 heterocycles. The predicted molar refractivity (Wildman–Crippen MR) is 52.2 cm³/mol. The van der Waals surface area contributed by atoms with Gasteiger partial charge < -0.3 is 15.3 Å². The number of aromatic nitrogens is 1. The summed E-state index contributed by atoms with van der Waals surface area (Å²) in [5, 5.41) is 27.3. The zero-order chi connectivity index (χ0) is 12.3. The molecular formula is C10H12FNO4. The molecule has 0 aliphatic rings. The average molecular weight is 229 g/mol. The minimum Gasteiger partial charge on any atom is -0.481 e. The number of nitrogens with zero attached hydrogens (tertiary/aromatic N) is 1. The van der Waals surface area contributed by atoms with Gasteiger partial charge in [0.25, 0.3) is 0 Å². The molecule has 2 unspecified atom stereocenters. The maximum absolute atomic E-state index is 12.9. The Labute approximate surface area is 91.2 Å². The summed E-state index contributed by atoms with van der Waals surface area (Å²) >= 11 is 0. The molecule has 88 valence electrons.